The van der Waals surface area contributed by atoms with Crippen LogP contribution in [0.4, 0.5) is 15.9 Å². The molecular weight excluding hydrogens is 782 g/mol. The second-order valence-corrected chi connectivity index (χ2v) is 17.6. The van der Waals surface area contributed by atoms with E-state index in [-0.39, 0.29) is 49.0 Å². The van der Waals surface area contributed by atoms with Gasteiger partial charge in [-0.05, 0) is 66.3 Å². The predicted molar refractivity (Wildman–Crippen MR) is 232 cm³/mol. The third-order valence-corrected chi connectivity index (χ3v) is 12.3. The van der Waals surface area contributed by atoms with E-state index in [0.29, 0.717) is 43.0 Å². The number of rotatable bonds is 11. The summed E-state index contributed by atoms with van der Waals surface area (Å²) in [5.74, 6) is -1.18. The third kappa shape index (κ3) is 9.48. The molecule has 60 heavy (non-hydrogen) atoms. The minimum atomic E-state index is -0.919. The van der Waals surface area contributed by atoms with Gasteiger partial charge in [-0.15, -0.1) is 21.5 Å². The number of amides is 3. The Labute approximate surface area is 353 Å². The monoisotopic (exact) mass is 833 g/mol. The maximum atomic E-state index is 14.5. The van der Waals surface area contributed by atoms with Crippen LogP contribution in [-0.4, -0.2) is 105 Å². The summed E-state index contributed by atoms with van der Waals surface area (Å²) in [7, 11) is 0. The Bertz CT molecular complexity index is 2320. The molecule has 0 spiro atoms. The van der Waals surface area contributed by atoms with Crippen LogP contribution in [0, 0.1) is 18.2 Å². The first-order chi connectivity index (χ1) is 28.7. The number of aliphatic hydroxyl groups is 1. The Hall–Kier alpha value is -5.77. The molecule has 7 rings (SSSR count). The summed E-state index contributed by atoms with van der Waals surface area (Å²) < 4.78 is 14.5. The number of β-amino-alcohol motifs (C(OH)–C–C–N with tert-alkyl or cyclic N) is 1. The Morgan fingerprint density at radius 2 is 1.62 bits per heavy atom. The van der Waals surface area contributed by atoms with Crippen LogP contribution < -0.4 is 21.3 Å². The van der Waals surface area contributed by atoms with Gasteiger partial charge in [0.15, 0.2) is 5.82 Å². The number of thiazole rings is 1. The number of likely N-dealkylation sites (tertiary alicyclic amines) is 1. The minimum Gasteiger partial charge on any atom is -0.391 e. The van der Waals surface area contributed by atoms with Crippen molar-refractivity contribution in [2.24, 2.45) is 5.41 Å². The Morgan fingerprint density at radius 1 is 0.933 bits per heavy atom. The number of carbonyl (C=O) groups is 3. The van der Waals surface area contributed by atoms with E-state index in [1.165, 1.54) is 11.0 Å². The molecule has 2 fully saturated rings. The highest BCUT2D eigenvalue weighted by Crippen LogP contribution is 2.32. The number of aryl methyl sites for hydroxylation is 1. The van der Waals surface area contributed by atoms with Crippen LogP contribution in [0.2, 0.25) is 0 Å². The SMILES string of the molecule is Cc1ncsc1-c1ccc(C(C)NC(=O)[C@@H]2C[C@@H](O)CN2C(=O)C(NC(=O)CN2CCN(c3ccc(-c4cc(-c5ccccc5F)nnc4N)cc3)CC2)C(C)(C)C)cc1. The summed E-state index contributed by atoms with van der Waals surface area (Å²) >= 11 is 1.58. The summed E-state index contributed by atoms with van der Waals surface area (Å²) in [5, 5.41) is 24.9. The molecule has 5 N–H and O–H groups in total. The molecule has 0 aliphatic carbocycles. The second-order valence-electron chi connectivity index (χ2n) is 16.7. The Morgan fingerprint density at radius 3 is 2.27 bits per heavy atom. The molecule has 2 aliphatic heterocycles. The molecule has 0 bridgehead atoms. The van der Waals surface area contributed by atoms with Gasteiger partial charge >= 0.3 is 0 Å². The number of hydrogen-bond acceptors (Lipinski definition) is 11. The minimum absolute atomic E-state index is 0.00112. The fraction of sp³-hybridized carbons (Fsp3) is 0.378. The molecule has 314 valence electrons. The number of halogens is 1. The van der Waals surface area contributed by atoms with Crippen LogP contribution in [-0.2, 0) is 14.4 Å². The van der Waals surface area contributed by atoms with Gasteiger partial charge in [0.1, 0.15) is 17.9 Å². The van der Waals surface area contributed by atoms with Crippen LogP contribution in [0.5, 0.6) is 0 Å². The van der Waals surface area contributed by atoms with Gasteiger partial charge in [0, 0.05) is 56.0 Å². The predicted octanol–water partition coefficient (Wildman–Crippen LogP) is 5.46. The zero-order chi connectivity index (χ0) is 42.7. The van der Waals surface area contributed by atoms with E-state index in [1.807, 2.05) is 88.7 Å². The first-order valence-corrected chi connectivity index (χ1v) is 21.1. The summed E-state index contributed by atoms with van der Waals surface area (Å²) in [6.45, 7) is 12.2. The molecule has 0 saturated carbocycles. The fourth-order valence-corrected chi connectivity index (χ4v) is 8.69. The van der Waals surface area contributed by atoms with Gasteiger partial charge in [0.05, 0.1) is 40.5 Å². The van der Waals surface area contributed by atoms with E-state index < -0.39 is 29.5 Å². The molecule has 13 nitrogen and oxygen atoms in total. The summed E-state index contributed by atoms with van der Waals surface area (Å²) in [5.41, 5.74) is 13.5. The maximum absolute atomic E-state index is 14.5. The molecule has 5 aromatic rings. The lowest BCUT2D eigenvalue weighted by atomic mass is 9.85. The van der Waals surface area contributed by atoms with E-state index in [9.17, 15) is 23.9 Å². The summed E-state index contributed by atoms with van der Waals surface area (Å²) in [4.78, 5) is 52.6. The zero-order valence-corrected chi connectivity index (χ0v) is 35.4. The number of hydrogen-bond donors (Lipinski definition) is 4. The van der Waals surface area contributed by atoms with E-state index in [2.05, 4.69) is 35.6 Å². The molecular formula is C45H52FN9O4S. The molecule has 3 aromatic carbocycles. The number of anilines is 2. The number of nitrogens with zero attached hydrogens (tertiary/aromatic N) is 6. The number of aliphatic hydroxyl groups excluding tert-OH is 1. The molecule has 2 aliphatic rings. The van der Waals surface area contributed by atoms with Gasteiger partial charge in [-0.1, -0.05) is 69.3 Å². The highest BCUT2D eigenvalue weighted by atomic mass is 32.1. The number of aromatic nitrogens is 3. The summed E-state index contributed by atoms with van der Waals surface area (Å²) in [6.07, 6.45) is -0.758. The van der Waals surface area contributed by atoms with Crippen LogP contribution >= 0.6 is 11.3 Å². The quantitative estimate of drug-likeness (QED) is 0.134. The zero-order valence-electron chi connectivity index (χ0n) is 34.6. The van der Waals surface area contributed by atoms with Crippen molar-refractivity contribution in [2.45, 2.75) is 65.3 Å². The first kappa shape index (κ1) is 42.4. The highest BCUT2D eigenvalue weighted by molar-refractivity contribution is 7.13. The van der Waals surface area contributed by atoms with E-state index in [4.69, 9.17) is 5.73 Å². The molecule has 2 unspecified atom stereocenters. The standard InChI is InChI=1S/C45H52FN9O4S/c1-27(29-10-12-31(13-11-29)40-28(2)48-26-60-40)49-43(58)38-22-33(56)24-55(38)44(59)41(45(3,4)5)50-39(57)25-53-18-20-54(21-19-53)32-16-14-30(15-17-32)35-23-37(51-52-42(35)47)34-8-6-7-9-36(34)46/h6-17,23,26-27,33,38,41,56H,18-22,24-25H2,1-5H3,(H2,47,52)(H,49,58)(H,50,57)/t27?,33-,38+,41?/m1/s1. The van der Waals surface area contributed by atoms with Crippen molar-refractivity contribution in [1.82, 2.24) is 35.6 Å². The number of nitrogen functional groups attached to an aromatic ring is 1. The highest BCUT2D eigenvalue weighted by Gasteiger charge is 2.45. The van der Waals surface area contributed by atoms with E-state index in [1.54, 1.807) is 35.6 Å². The van der Waals surface area contributed by atoms with Crippen molar-refractivity contribution < 1.29 is 23.9 Å². The number of piperazine rings is 1. The Kier molecular flexibility index (Phi) is 12.6. The van der Waals surface area contributed by atoms with E-state index >= 15 is 0 Å². The third-order valence-electron chi connectivity index (χ3n) is 11.3. The van der Waals surface area contributed by atoms with Crippen molar-refractivity contribution in [3.8, 4) is 32.8 Å². The van der Waals surface area contributed by atoms with E-state index in [0.717, 1.165) is 32.9 Å². The van der Waals surface area contributed by atoms with Crippen LogP contribution in [0.15, 0.2) is 84.4 Å². The molecule has 4 atom stereocenters. The molecule has 4 heterocycles. The van der Waals surface area contributed by atoms with Crippen LogP contribution in [0.1, 0.15) is 51.4 Å². The molecule has 15 heteroatoms. The van der Waals surface area contributed by atoms with Gasteiger partial charge in [0.2, 0.25) is 17.7 Å². The maximum Gasteiger partial charge on any atom is 0.246 e. The number of nitrogens with one attached hydrogen (secondary N) is 2. The number of carbonyl (C=O) groups excluding carboxylic acids is 3. The molecule has 3 amide bonds. The molecule has 0 radical (unpaired) electrons. The van der Waals surface area contributed by atoms with Gasteiger partial charge in [-0.25, -0.2) is 9.37 Å². The van der Waals surface area contributed by atoms with Crippen molar-refractivity contribution in [3.05, 3.63) is 101 Å². The normalized spacial score (nSPS) is 18.2. The first-order valence-electron chi connectivity index (χ1n) is 20.2. The van der Waals surface area contributed by atoms with Gasteiger partial charge in [-0.2, -0.15) is 0 Å². The second kappa shape index (κ2) is 17.8. The molecule has 2 aromatic heterocycles. The van der Waals surface area contributed by atoms with Crippen molar-refractivity contribution >= 4 is 40.6 Å². The van der Waals surface area contributed by atoms with Crippen LogP contribution in [0.3, 0.4) is 0 Å². The smallest absolute Gasteiger partial charge is 0.246 e. The Balaban J connectivity index is 0.932. The van der Waals surface area contributed by atoms with Crippen molar-refractivity contribution in [2.75, 3.05) is 49.9 Å². The van der Waals surface area contributed by atoms with Gasteiger partial charge < -0.3 is 31.3 Å². The largest absolute Gasteiger partial charge is 0.391 e. The number of benzene rings is 3. The lowest BCUT2D eigenvalue weighted by molar-refractivity contribution is -0.144. The van der Waals surface area contributed by atoms with Crippen molar-refractivity contribution in [3.63, 3.8) is 0 Å². The lowest BCUT2D eigenvalue weighted by Crippen LogP contribution is -2.59. The molecule has 2 saturated heterocycles. The fourth-order valence-electron chi connectivity index (χ4n) is 7.87. The van der Waals surface area contributed by atoms with Crippen LogP contribution in [0.25, 0.3) is 32.8 Å². The lowest BCUT2D eigenvalue weighted by Gasteiger charge is -2.37. The van der Waals surface area contributed by atoms with Gasteiger partial charge in [-0.3, -0.25) is 19.3 Å². The average molecular weight is 834 g/mol. The summed E-state index contributed by atoms with van der Waals surface area (Å²) in [6, 6.07) is 21.9. The number of nitrogens with two attached hydrogens (primary N) is 1. The van der Waals surface area contributed by atoms with Crippen molar-refractivity contribution in [1.29, 1.82) is 0 Å². The average Bonchev–Trinajstić information content (AvgIpc) is 3.85. The topological polar surface area (TPSA) is 170 Å². The van der Waals surface area contributed by atoms with Gasteiger partial charge in [0.25, 0.3) is 0 Å².